The van der Waals surface area contributed by atoms with Crippen LogP contribution in [0.2, 0.25) is 0 Å². The van der Waals surface area contributed by atoms with Crippen molar-refractivity contribution in [3.05, 3.63) is 0 Å². The van der Waals surface area contributed by atoms with E-state index in [0.717, 1.165) is 64.4 Å². The van der Waals surface area contributed by atoms with Crippen LogP contribution in [0, 0.1) is 11.3 Å². The van der Waals surface area contributed by atoms with Gasteiger partial charge in [-0.05, 0) is 50.1 Å². The molecule has 4 heteroatoms. The average molecular weight is 295 g/mol. The summed E-state index contributed by atoms with van der Waals surface area (Å²) < 4.78 is 0. The van der Waals surface area contributed by atoms with E-state index in [9.17, 15) is 4.79 Å². The Balaban J connectivity index is 1.82. The molecule has 122 valence electrons. The van der Waals surface area contributed by atoms with Crippen molar-refractivity contribution in [1.82, 2.24) is 15.1 Å². The first-order chi connectivity index (χ1) is 9.97. The van der Waals surface area contributed by atoms with Crippen molar-refractivity contribution in [2.45, 2.75) is 46.5 Å². The minimum atomic E-state index is 0.339. The summed E-state index contributed by atoms with van der Waals surface area (Å²) >= 11 is 0. The lowest BCUT2D eigenvalue weighted by Gasteiger charge is -2.30. The molecule has 2 aliphatic heterocycles. The molecule has 1 atom stereocenters. The lowest BCUT2D eigenvalue weighted by Crippen LogP contribution is -2.42. The second kappa shape index (κ2) is 7.59. The Bertz CT molecular complexity index is 329. The van der Waals surface area contributed by atoms with Gasteiger partial charge in [-0.1, -0.05) is 20.8 Å². The van der Waals surface area contributed by atoms with Crippen LogP contribution >= 0.6 is 0 Å². The van der Waals surface area contributed by atoms with Crippen molar-refractivity contribution >= 4 is 5.91 Å². The van der Waals surface area contributed by atoms with E-state index in [1.54, 1.807) is 0 Å². The summed E-state index contributed by atoms with van der Waals surface area (Å²) in [7, 11) is 0. The van der Waals surface area contributed by atoms with Crippen LogP contribution in [0.4, 0.5) is 0 Å². The van der Waals surface area contributed by atoms with Gasteiger partial charge in [-0.2, -0.15) is 0 Å². The van der Waals surface area contributed by atoms with Crippen LogP contribution in [0.1, 0.15) is 46.5 Å². The maximum Gasteiger partial charge on any atom is 0.236 e. The predicted octanol–water partition coefficient (Wildman–Crippen LogP) is 1.96. The largest absolute Gasteiger partial charge is 0.342 e. The summed E-state index contributed by atoms with van der Waals surface area (Å²) in [5.74, 6) is 1.09. The molecule has 0 radical (unpaired) electrons. The van der Waals surface area contributed by atoms with Gasteiger partial charge in [-0.25, -0.2) is 0 Å². The molecule has 1 amide bonds. The normalized spacial score (nSPS) is 26.2. The number of rotatable bonds is 2. The minimum absolute atomic E-state index is 0.339. The Morgan fingerprint density at radius 2 is 1.86 bits per heavy atom. The Morgan fingerprint density at radius 3 is 2.62 bits per heavy atom. The highest BCUT2D eigenvalue weighted by Crippen LogP contribution is 2.34. The molecule has 0 spiro atoms. The second-order valence-electron chi connectivity index (χ2n) is 7.75. The fourth-order valence-corrected chi connectivity index (χ4v) is 3.56. The zero-order valence-electron chi connectivity index (χ0n) is 14.2. The molecule has 0 bridgehead atoms. The van der Waals surface area contributed by atoms with E-state index in [-0.39, 0.29) is 0 Å². The molecule has 0 aromatic rings. The number of carbonyl (C=O) groups is 1. The average Bonchev–Trinajstić information content (AvgIpc) is 2.79. The lowest BCUT2D eigenvalue weighted by atomic mass is 9.77. The summed E-state index contributed by atoms with van der Waals surface area (Å²) in [6.07, 6.45) is 4.74. The quantitative estimate of drug-likeness (QED) is 0.846. The van der Waals surface area contributed by atoms with Crippen molar-refractivity contribution in [2.24, 2.45) is 11.3 Å². The molecule has 1 N–H and O–H groups in total. The summed E-state index contributed by atoms with van der Waals surface area (Å²) in [6, 6.07) is 0. The number of carbonyl (C=O) groups excluding carboxylic acids is 1. The number of hydrogen-bond acceptors (Lipinski definition) is 3. The van der Waals surface area contributed by atoms with Crippen LogP contribution in [0.5, 0.6) is 0 Å². The van der Waals surface area contributed by atoms with Gasteiger partial charge >= 0.3 is 0 Å². The van der Waals surface area contributed by atoms with Crippen molar-refractivity contribution in [3.8, 4) is 0 Å². The van der Waals surface area contributed by atoms with E-state index in [1.165, 1.54) is 6.42 Å². The fourth-order valence-electron chi connectivity index (χ4n) is 3.56. The molecule has 4 nitrogen and oxygen atoms in total. The van der Waals surface area contributed by atoms with Crippen LogP contribution < -0.4 is 5.32 Å². The first-order valence-corrected chi connectivity index (χ1v) is 8.67. The van der Waals surface area contributed by atoms with E-state index in [1.807, 2.05) is 0 Å². The molecule has 0 saturated carbocycles. The maximum atomic E-state index is 12.6. The summed E-state index contributed by atoms with van der Waals surface area (Å²) in [5.41, 5.74) is 0.371. The van der Waals surface area contributed by atoms with Crippen LogP contribution in [0.3, 0.4) is 0 Å². The van der Waals surface area contributed by atoms with Gasteiger partial charge in [0.25, 0.3) is 0 Å². The van der Waals surface area contributed by atoms with E-state index in [4.69, 9.17) is 0 Å². The van der Waals surface area contributed by atoms with Crippen LogP contribution in [-0.4, -0.2) is 61.5 Å². The highest BCUT2D eigenvalue weighted by Gasteiger charge is 2.28. The van der Waals surface area contributed by atoms with Crippen LogP contribution in [-0.2, 0) is 4.79 Å². The Labute approximate surface area is 130 Å². The van der Waals surface area contributed by atoms with Crippen molar-refractivity contribution in [2.75, 3.05) is 45.8 Å². The third-order valence-electron chi connectivity index (χ3n) is 5.10. The first kappa shape index (κ1) is 16.8. The topological polar surface area (TPSA) is 35.6 Å². The van der Waals surface area contributed by atoms with Crippen molar-refractivity contribution in [1.29, 1.82) is 0 Å². The van der Waals surface area contributed by atoms with Crippen molar-refractivity contribution < 1.29 is 4.79 Å². The molecule has 2 saturated heterocycles. The van der Waals surface area contributed by atoms with E-state index < -0.39 is 0 Å². The smallest absolute Gasteiger partial charge is 0.236 e. The van der Waals surface area contributed by atoms with Gasteiger partial charge in [-0.3, -0.25) is 9.69 Å². The Kier molecular flexibility index (Phi) is 6.06. The molecule has 2 rings (SSSR count). The molecule has 2 heterocycles. The van der Waals surface area contributed by atoms with E-state index in [0.29, 0.717) is 17.9 Å². The number of nitrogens with zero attached hydrogens (tertiary/aromatic N) is 2. The molecule has 0 aromatic heterocycles. The van der Waals surface area contributed by atoms with Gasteiger partial charge in [0, 0.05) is 26.2 Å². The summed E-state index contributed by atoms with van der Waals surface area (Å²) in [5, 5.41) is 3.40. The van der Waals surface area contributed by atoms with Crippen molar-refractivity contribution in [3.63, 3.8) is 0 Å². The molecular formula is C17H33N3O. The van der Waals surface area contributed by atoms with Gasteiger partial charge in [0.15, 0.2) is 0 Å². The number of amides is 1. The standard InChI is InChI=1S/C17H33N3O/c1-17(2,3)15-6-4-11-20(12-7-15)16(21)14-19-10-5-8-18-9-13-19/h15,18H,4-14H2,1-3H3. The number of nitrogens with one attached hydrogen (secondary N) is 1. The van der Waals surface area contributed by atoms with E-state index >= 15 is 0 Å². The van der Waals surface area contributed by atoms with E-state index in [2.05, 4.69) is 35.9 Å². The van der Waals surface area contributed by atoms with Gasteiger partial charge in [0.2, 0.25) is 5.91 Å². The maximum absolute atomic E-state index is 12.6. The third-order valence-corrected chi connectivity index (χ3v) is 5.10. The molecular weight excluding hydrogens is 262 g/mol. The second-order valence-corrected chi connectivity index (χ2v) is 7.75. The number of likely N-dealkylation sites (tertiary alicyclic amines) is 1. The molecule has 21 heavy (non-hydrogen) atoms. The summed E-state index contributed by atoms with van der Waals surface area (Å²) in [6.45, 7) is 13.7. The predicted molar refractivity (Wildman–Crippen MR) is 87.3 cm³/mol. The molecule has 0 aromatic carbocycles. The van der Waals surface area contributed by atoms with Gasteiger partial charge < -0.3 is 10.2 Å². The van der Waals surface area contributed by atoms with Gasteiger partial charge in [0.1, 0.15) is 0 Å². The monoisotopic (exact) mass is 295 g/mol. The third kappa shape index (κ3) is 5.26. The highest BCUT2D eigenvalue weighted by atomic mass is 16.2. The summed E-state index contributed by atoms with van der Waals surface area (Å²) in [4.78, 5) is 17.0. The first-order valence-electron chi connectivity index (χ1n) is 8.67. The molecule has 0 aliphatic carbocycles. The SMILES string of the molecule is CC(C)(C)C1CCCN(C(=O)CN2CCCNCC2)CC1. The zero-order valence-corrected chi connectivity index (χ0v) is 14.2. The van der Waals surface area contributed by atoms with Gasteiger partial charge in [0.05, 0.1) is 6.54 Å². The minimum Gasteiger partial charge on any atom is -0.342 e. The highest BCUT2D eigenvalue weighted by molar-refractivity contribution is 5.78. The molecule has 2 aliphatic rings. The lowest BCUT2D eigenvalue weighted by molar-refractivity contribution is -0.132. The van der Waals surface area contributed by atoms with Gasteiger partial charge in [-0.15, -0.1) is 0 Å². The zero-order chi connectivity index (χ0) is 15.3. The van der Waals surface area contributed by atoms with Crippen LogP contribution in [0.25, 0.3) is 0 Å². The molecule has 2 fully saturated rings. The Morgan fingerprint density at radius 1 is 1.05 bits per heavy atom. The molecule has 1 unspecified atom stereocenters. The Hall–Kier alpha value is -0.610. The number of hydrogen-bond donors (Lipinski definition) is 1. The fraction of sp³-hybridized carbons (Fsp3) is 0.941. The van der Waals surface area contributed by atoms with Crippen LogP contribution in [0.15, 0.2) is 0 Å².